The van der Waals surface area contributed by atoms with Crippen LogP contribution >= 0.6 is 0 Å². The third kappa shape index (κ3) is 3.47. The summed E-state index contributed by atoms with van der Waals surface area (Å²) >= 11 is 0. The van der Waals surface area contributed by atoms with E-state index >= 15 is 0 Å². The number of ether oxygens (including phenoxy) is 1. The van der Waals surface area contributed by atoms with Gasteiger partial charge in [-0.1, -0.05) is 0 Å². The Hall–Kier alpha value is -0.590. The molecular formula is C4H4F6O5S. The Morgan fingerprint density at radius 3 is 1.62 bits per heavy atom. The number of aliphatic hydroxyl groups is 1. The van der Waals surface area contributed by atoms with Crippen LogP contribution in [0.15, 0.2) is 0 Å². The van der Waals surface area contributed by atoms with E-state index in [0.29, 0.717) is 0 Å². The predicted molar refractivity (Wildman–Crippen MR) is 34.6 cm³/mol. The molecule has 0 aliphatic heterocycles. The molecule has 98 valence electrons. The fourth-order valence-corrected chi connectivity index (χ4v) is 0.806. The smallest absolute Gasteiger partial charge is 0.331 e. The second-order valence-corrected chi connectivity index (χ2v) is 3.88. The molecule has 0 aromatic rings. The van der Waals surface area contributed by atoms with Gasteiger partial charge in [0.1, 0.15) is 0 Å². The molecule has 0 saturated heterocycles. The van der Waals surface area contributed by atoms with Crippen LogP contribution in [0.1, 0.15) is 0 Å². The van der Waals surface area contributed by atoms with Gasteiger partial charge in [0, 0.05) is 0 Å². The number of rotatable bonds is 4. The number of hydrogen-bond donors (Lipinski definition) is 2. The average Bonchev–Trinajstić information content (AvgIpc) is 1.93. The van der Waals surface area contributed by atoms with Crippen molar-refractivity contribution in [1.29, 1.82) is 0 Å². The lowest BCUT2D eigenvalue weighted by Crippen LogP contribution is -2.57. The maximum atomic E-state index is 12.6. The zero-order valence-corrected chi connectivity index (χ0v) is 7.82. The van der Waals surface area contributed by atoms with Gasteiger partial charge in [-0.2, -0.15) is 34.8 Å². The summed E-state index contributed by atoms with van der Waals surface area (Å²) in [6.45, 7) is 0. The molecule has 0 radical (unpaired) electrons. The van der Waals surface area contributed by atoms with Crippen molar-refractivity contribution in [3.63, 3.8) is 0 Å². The lowest BCUT2D eigenvalue weighted by molar-refractivity contribution is -0.446. The van der Waals surface area contributed by atoms with Gasteiger partial charge in [-0.05, 0) is 0 Å². The van der Waals surface area contributed by atoms with E-state index in [1.165, 1.54) is 0 Å². The molecule has 1 unspecified atom stereocenters. The van der Waals surface area contributed by atoms with Crippen molar-refractivity contribution in [2.45, 2.75) is 18.1 Å². The minimum atomic E-state index is -6.41. The highest BCUT2D eigenvalue weighted by Gasteiger charge is 2.73. The van der Waals surface area contributed by atoms with E-state index < -0.39 is 34.2 Å². The van der Waals surface area contributed by atoms with Crippen LogP contribution in [0.3, 0.4) is 0 Å². The zero-order valence-electron chi connectivity index (χ0n) is 7.00. The maximum absolute atomic E-state index is 12.6. The Morgan fingerprint density at radius 2 is 1.44 bits per heavy atom. The highest BCUT2D eigenvalue weighted by atomic mass is 32.2. The molecule has 0 bridgehead atoms. The van der Waals surface area contributed by atoms with Crippen LogP contribution < -0.4 is 0 Å². The summed E-state index contributed by atoms with van der Waals surface area (Å²) in [4.78, 5) is 0. The van der Waals surface area contributed by atoms with Crippen molar-refractivity contribution in [1.82, 2.24) is 0 Å². The third-order valence-electron chi connectivity index (χ3n) is 1.16. The van der Waals surface area contributed by atoms with E-state index in [1.54, 1.807) is 0 Å². The van der Waals surface area contributed by atoms with Gasteiger partial charge >= 0.3 is 18.1 Å². The number of hydrogen-bond acceptors (Lipinski definition) is 4. The molecule has 16 heavy (non-hydrogen) atoms. The monoisotopic (exact) mass is 278 g/mol. The van der Waals surface area contributed by atoms with Gasteiger partial charge in [0.2, 0.25) is 0 Å². The molecular weight excluding hydrogens is 274 g/mol. The van der Waals surface area contributed by atoms with Crippen molar-refractivity contribution < 1.29 is 49.2 Å². The van der Waals surface area contributed by atoms with Crippen LogP contribution in [0.2, 0.25) is 0 Å². The zero-order chi connectivity index (χ0) is 13.4. The molecule has 5 nitrogen and oxygen atoms in total. The summed E-state index contributed by atoms with van der Waals surface area (Å²) in [6, 6.07) is 0. The number of halogens is 6. The molecule has 0 saturated carbocycles. The van der Waals surface area contributed by atoms with Crippen molar-refractivity contribution in [2.24, 2.45) is 0 Å². The SMILES string of the molecule is O=S(=O)(O)COC(F)(C(O)(F)F)C(F)(F)F. The molecule has 0 rings (SSSR count). The van der Waals surface area contributed by atoms with E-state index in [1.807, 2.05) is 0 Å². The van der Waals surface area contributed by atoms with Gasteiger partial charge < -0.3 is 9.84 Å². The number of alkyl halides is 6. The minimum absolute atomic E-state index is 2.40. The fourth-order valence-electron chi connectivity index (χ4n) is 0.495. The molecule has 0 amide bonds. The van der Waals surface area contributed by atoms with E-state index in [0.717, 1.165) is 0 Å². The molecule has 0 aliphatic carbocycles. The Labute approximate surface area is 84.4 Å². The van der Waals surface area contributed by atoms with Gasteiger partial charge in [-0.15, -0.1) is 0 Å². The molecule has 0 aromatic heterocycles. The van der Waals surface area contributed by atoms with Crippen LogP contribution in [0.4, 0.5) is 26.3 Å². The molecule has 0 fully saturated rings. The first-order valence-electron chi connectivity index (χ1n) is 3.15. The average molecular weight is 278 g/mol. The van der Waals surface area contributed by atoms with Crippen LogP contribution in [0.5, 0.6) is 0 Å². The Kier molecular flexibility index (Phi) is 3.87. The predicted octanol–water partition coefficient (Wildman–Crippen LogP) is 0.661. The Bertz CT molecular complexity index is 327. The standard InChI is InChI=1S/C4H4F6O5S/c5-2(3(6,7)8,4(9,10)11)15-1-16(12,13)14/h11H,1H2,(H,12,13,14). The molecule has 0 spiro atoms. The molecule has 1 atom stereocenters. The fraction of sp³-hybridized carbons (Fsp3) is 1.00. The molecule has 0 aromatic carbocycles. The quantitative estimate of drug-likeness (QED) is 0.583. The molecule has 0 aliphatic rings. The Morgan fingerprint density at radius 1 is 1.06 bits per heavy atom. The summed E-state index contributed by atoms with van der Waals surface area (Å²) in [5.74, 6) is -8.34. The van der Waals surface area contributed by atoms with Gasteiger partial charge in [-0.25, -0.2) is 0 Å². The van der Waals surface area contributed by atoms with Gasteiger partial charge in [-0.3, -0.25) is 4.55 Å². The third-order valence-corrected chi connectivity index (χ3v) is 1.57. The van der Waals surface area contributed by atoms with Crippen molar-refractivity contribution in [3.05, 3.63) is 0 Å². The molecule has 0 heterocycles. The minimum Gasteiger partial charge on any atom is -0.331 e. The van der Waals surface area contributed by atoms with Crippen molar-refractivity contribution in [2.75, 3.05) is 5.94 Å². The van der Waals surface area contributed by atoms with Crippen LogP contribution in [0, 0.1) is 0 Å². The summed E-state index contributed by atoms with van der Waals surface area (Å²) in [7, 11) is -5.28. The normalized spacial score (nSPS) is 18.2. The lowest BCUT2D eigenvalue weighted by atomic mass is 10.3. The first kappa shape index (κ1) is 15.4. The topological polar surface area (TPSA) is 83.8 Å². The summed E-state index contributed by atoms with van der Waals surface area (Å²) in [5, 5.41) is 7.64. The highest BCUT2D eigenvalue weighted by Crippen LogP contribution is 2.44. The molecule has 2 N–H and O–H groups in total. The summed E-state index contributed by atoms with van der Waals surface area (Å²) in [6.07, 6.45) is -12.4. The van der Waals surface area contributed by atoms with Crippen molar-refractivity contribution in [3.8, 4) is 0 Å². The molecule has 12 heteroatoms. The van der Waals surface area contributed by atoms with E-state index in [-0.39, 0.29) is 0 Å². The van der Waals surface area contributed by atoms with Gasteiger partial charge in [0.15, 0.2) is 5.94 Å². The van der Waals surface area contributed by atoms with Gasteiger partial charge in [0.25, 0.3) is 10.1 Å². The second-order valence-electron chi connectivity index (χ2n) is 2.48. The van der Waals surface area contributed by atoms with E-state index in [4.69, 9.17) is 9.66 Å². The Balaban J connectivity index is 5.15. The first-order valence-corrected chi connectivity index (χ1v) is 4.76. The van der Waals surface area contributed by atoms with Gasteiger partial charge in [0.05, 0.1) is 0 Å². The lowest BCUT2D eigenvalue weighted by Gasteiger charge is -2.30. The largest absolute Gasteiger partial charge is 0.458 e. The second kappa shape index (κ2) is 4.01. The highest BCUT2D eigenvalue weighted by molar-refractivity contribution is 7.85. The van der Waals surface area contributed by atoms with E-state index in [9.17, 15) is 34.8 Å². The first-order chi connectivity index (χ1) is 6.71. The summed E-state index contributed by atoms with van der Waals surface area (Å²) in [5.41, 5.74) is 0. The maximum Gasteiger partial charge on any atom is 0.458 e. The van der Waals surface area contributed by atoms with Crippen molar-refractivity contribution >= 4 is 10.1 Å². The van der Waals surface area contributed by atoms with Crippen LogP contribution in [-0.4, -0.2) is 42.2 Å². The van der Waals surface area contributed by atoms with E-state index in [2.05, 4.69) is 4.74 Å². The van der Waals surface area contributed by atoms with Crippen LogP contribution in [-0.2, 0) is 14.9 Å². The van der Waals surface area contributed by atoms with Crippen LogP contribution in [0.25, 0.3) is 0 Å². The summed E-state index contributed by atoms with van der Waals surface area (Å²) < 4.78 is 102.